The zero-order valence-electron chi connectivity index (χ0n) is 11.6. The summed E-state index contributed by atoms with van der Waals surface area (Å²) >= 11 is 1.51. The number of carbonyl (C=O) groups is 2. The molecule has 0 saturated carbocycles. The quantitative estimate of drug-likeness (QED) is 0.745. The van der Waals surface area contributed by atoms with Crippen LogP contribution in [-0.4, -0.2) is 28.9 Å². The lowest BCUT2D eigenvalue weighted by Crippen LogP contribution is -2.64. The van der Waals surface area contributed by atoms with Crippen molar-refractivity contribution in [3.63, 3.8) is 0 Å². The number of aromatic nitrogens is 1. The van der Waals surface area contributed by atoms with Crippen molar-refractivity contribution in [3.8, 4) is 0 Å². The van der Waals surface area contributed by atoms with Crippen molar-refractivity contribution in [3.05, 3.63) is 10.6 Å². The van der Waals surface area contributed by atoms with Gasteiger partial charge in [-0.1, -0.05) is 11.3 Å². The predicted octanol–water partition coefficient (Wildman–Crippen LogP) is 0.721. The number of imide groups is 1. The number of nitrogens with two attached hydrogens (primary N) is 1. The van der Waals surface area contributed by atoms with Gasteiger partial charge in [0, 0.05) is 10.9 Å². The molecule has 1 aromatic rings. The Labute approximate surface area is 121 Å². The molecule has 0 spiro atoms. The van der Waals surface area contributed by atoms with Crippen LogP contribution in [0.2, 0.25) is 0 Å². The van der Waals surface area contributed by atoms with Crippen LogP contribution in [0.25, 0.3) is 0 Å². The molecule has 3 rings (SSSR count). The summed E-state index contributed by atoms with van der Waals surface area (Å²) in [6.45, 7) is 3.75. The van der Waals surface area contributed by atoms with Gasteiger partial charge in [-0.15, -0.1) is 0 Å². The zero-order chi connectivity index (χ0) is 14.5. The average molecular weight is 294 g/mol. The number of anilines is 1. The first-order chi connectivity index (χ1) is 9.39. The average Bonchev–Trinajstić information content (AvgIpc) is 2.79. The Morgan fingerprint density at radius 3 is 2.90 bits per heavy atom. The molecule has 2 amide bonds. The summed E-state index contributed by atoms with van der Waals surface area (Å²) in [5.41, 5.74) is 6.36. The van der Waals surface area contributed by atoms with Crippen LogP contribution in [0.4, 0.5) is 5.13 Å². The molecule has 1 unspecified atom stereocenters. The third-order valence-corrected chi connectivity index (χ3v) is 5.25. The Morgan fingerprint density at radius 2 is 2.20 bits per heavy atom. The van der Waals surface area contributed by atoms with Gasteiger partial charge in [0.1, 0.15) is 12.1 Å². The molecule has 0 radical (unpaired) electrons. The maximum absolute atomic E-state index is 12.0. The lowest BCUT2D eigenvalue weighted by molar-refractivity contribution is -0.135. The van der Waals surface area contributed by atoms with E-state index in [1.807, 2.05) is 0 Å². The number of rotatable bonds is 1. The molecule has 20 heavy (non-hydrogen) atoms. The number of fused-ring (bicyclic) bond motifs is 1. The second kappa shape index (κ2) is 4.53. The molecule has 2 aliphatic rings. The minimum atomic E-state index is -0.779. The van der Waals surface area contributed by atoms with E-state index in [1.54, 1.807) is 18.7 Å². The van der Waals surface area contributed by atoms with Gasteiger partial charge >= 0.3 is 0 Å². The highest BCUT2D eigenvalue weighted by molar-refractivity contribution is 7.15. The van der Waals surface area contributed by atoms with Crippen molar-refractivity contribution in [1.82, 2.24) is 10.3 Å². The van der Waals surface area contributed by atoms with E-state index < -0.39 is 5.54 Å². The normalized spacial score (nSPS) is 25.4. The first kappa shape index (κ1) is 13.5. The third kappa shape index (κ3) is 2.01. The third-order valence-electron chi connectivity index (χ3n) is 4.00. The number of piperazine rings is 1. The summed E-state index contributed by atoms with van der Waals surface area (Å²) in [6, 6.07) is 0.0300. The van der Waals surface area contributed by atoms with E-state index in [9.17, 15) is 9.59 Å². The van der Waals surface area contributed by atoms with Gasteiger partial charge in [-0.25, -0.2) is 4.98 Å². The number of nitrogens with zero attached hydrogens (tertiary/aromatic N) is 2. The van der Waals surface area contributed by atoms with Crippen LogP contribution >= 0.6 is 11.3 Å². The van der Waals surface area contributed by atoms with Gasteiger partial charge < -0.3 is 10.6 Å². The summed E-state index contributed by atoms with van der Waals surface area (Å²) in [5, 5.41) is 3.10. The number of nitrogens with one attached hydrogen (secondary N) is 1. The summed E-state index contributed by atoms with van der Waals surface area (Å²) in [4.78, 5) is 31.1. The summed E-state index contributed by atoms with van der Waals surface area (Å²) in [6.07, 6.45) is 2.94. The number of hydrogen-bond donors (Lipinski definition) is 2. The van der Waals surface area contributed by atoms with Crippen LogP contribution < -0.4 is 16.0 Å². The molecule has 1 aliphatic heterocycles. The second-order valence-corrected chi connectivity index (χ2v) is 6.84. The molecule has 1 aromatic heterocycles. The Kier molecular flexibility index (Phi) is 3.06. The molecule has 1 saturated heterocycles. The van der Waals surface area contributed by atoms with E-state index in [4.69, 9.17) is 5.73 Å². The van der Waals surface area contributed by atoms with Gasteiger partial charge in [0.05, 0.1) is 5.69 Å². The molecule has 7 heteroatoms. The molecule has 6 nitrogen and oxygen atoms in total. The fourth-order valence-electron chi connectivity index (χ4n) is 2.65. The Hall–Kier alpha value is -1.47. The highest BCUT2D eigenvalue weighted by Crippen LogP contribution is 2.38. The van der Waals surface area contributed by atoms with E-state index in [2.05, 4.69) is 10.3 Å². The van der Waals surface area contributed by atoms with Gasteiger partial charge in [0.15, 0.2) is 5.13 Å². The molecule has 2 heterocycles. The van der Waals surface area contributed by atoms with Crippen LogP contribution in [0.3, 0.4) is 0 Å². The molecule has 108 valence electrons. The fraction of sp³-hybridized carbons (Fsp3) is 0.615. The van der Waals surface area contributed by atoms with E-state index in [0.29, 0.717) is 0 Å². The Bertz CT molecular complexity index is 581. The molecule has 1 fully saturated rings. The van der Waals surface area contributed by atoms with Crippen molar-refractivity contribution in [2.75, 3.05) is 11.4 Å². The number of aryl methyl sites for hydroxylation is 1. The predicted molar refractivity (Wildman–Crippen MR) is 76.6 cm³/mol. The van der Waals surface area contributed by atoms with Crippen molar-refractivity contribution in [2.45, 2.75) is 44.7 Å². The van der Waals surface area contributed by atoms with E-state index in [0.717, 1.165) is 35.0 Å². The highest BCUT2D eigenvalue weighted by atomic mass is 32.1. The standard InChI is InChI=1S/C13H18N4O2S/c1-13(2)11(19)16-9(18)6-17(13)12-15-8-5-3-4-7(14)10(8)20-12/h7H,3-6,14H2,1-2H3,(H,16,18,19). The van der Waals surface area contributed by atoms with E-state index >= 15 is 0 Å². The lowest BCUT2D eigenvalue weighted by atomic mass is 9.99. The van der Waals surface area contributed by atoms with Gasteiger partial charge in [0.2, 0.25) is 5.91 Å². The molecular formula is C13H18N4O2S. The largest absolute Gasteiger partial charge is 0.325 e. The van der Waals surface area contributed by atoms with Crippen molar-refractivity contribution < 1.29 is 9.59 Å². The highest BCUT2D eigenvalue weighted by Gasteiger charge is 2.42. The maximum atomic E-state index is 12.0. The van der Waals surface area contributed by atoms with Crippen molar-refractivity contribution in [2.24, 2.45) is 5.73 Å². The monoisotopic (exact) mass is 294 g/mol. The van der Waals surface area contributed by atoms with Crippen LogP contribution in [0, 0.1) is 0 Å². The number of amides is 2. The van der Waals surface area contributed by atoms with Crippen molar-refractivity contribution in [1.29, 1.82) is 0 Å². The fourth-order valence-corrected chi connectivity index (χ4v) is 3.94. The van der Waals surface area contributed by atoms with E-state index in [-0.39, 0.29) is 24.4 Å². The maximum Gasteiger partial charge on any atom is 0.251 e. The van der Waals surface area contributed by atoms with Gasteiger partial charge in [0.25, 0.3) is 5.91 Å². The van der Waals surface area contributed by atoms with Crippen molar-refractivity contribution >= 4 is 28.3 Å². The number of thiazole rings is 1. The lowest BCUT2D eigenvalue weighted by Gasteiger charge is -2.39. The minimum Gasteiger partial charge on any atom is -0.325 e. The van der Waals surface area contributed by atoms with Crippen LogP contribution in [-0.2, 0) is 16.0 Å². The molecule has 1 aliphatic carbocycles. The van der Waals surface area contributed by atoms with Gasteiger partial charge in [-0.05, 0) is 33.1 Å². The molecule has 0 aromatic carbocycles. The summed E-state index contributed by atoms with van der Waals surface area (Å²) in [7, 11) is 0. The summed E-state index contributed by atoms with van der Waals surface area (Å²) < 4.78 is 0. The van der Waals surface area contributed by atoms with Gasteiger partial charge in [-0.3, -0.25) is 14.9 Å². The first-order valence-electron chi connectivity index (χ1n) is 6.76. The number of carbonyl (C=O) groups excluding carboxylic acids is 2. The van der Waals surface area contributed by atoms with Crippen LogP contribution in [0.1, 0.15) is 43.3 Å². The van der Waals surface area contributed by atoms with E-state index in [1.165, 1.54) is 11.3 Å². The minimum absolute atomic E-state index is 0.0300. The SMILES string of the molecule is CC1(C)C(=O)NC(=O)CN1c1nc2c(s1)C(N)CCC2. The molecule has 3 N–H and O–H groups in total. The smallest absolute Gasteiger partial charge is 0.251 e. The van der Waals surface area contributed by atoms with Crippen LogP contribution in [0.15, 0.2) is 0 Å². The first-order valence-corrected chi connectivity index (χ1v) is 7.58. The topological polar surface area (TPSA) is 88.3 Å². The second-order valence-electron chi connectivity index (χ2n) is 5.83. The molecule has 1 atom stereocenters. The summed E-state index contributed by atoms with van der Waals surface area (Å²) in [5.74, 6) is -0.571. The number of hydrogen-bond acceptors (Lipinski definition) is 6. The molecular weight excluding hydrogens is 276 g/mol. The Balaban J connectivity index is 1.99. The molecule has 0 bridgehead atoms. The van der Waals surface area contributed by atoms with Gasteiger partial charge in [-0.2, -0.15) is 0 Å². The zero-order valence-corrected chi connectivity index (χ0v) is 12.4. The van der Waals surface area contributed by atoms with Crippen LogP contribution in [0.5, 0.6) is 0 Å². The Morgan fingerprint density at radius 1 is 1.45 bits per heavy atom.